The van der Waals surface area contributed by atoms with Crippen molar-refractivity contribution in [1.82, 2.24) is 0 Å². The molecule has 76 valence electrons. The van der Waals surface area contributed by atoms with Gasteiger partial charge in [-0.05, 0) is 47.5 Å². The van der Waals surface area contributed by atoms with Crippen LogP contribution in [0.1, 0.15) is 19.4 Å². The third kappa shape index (κ3) is 1.56. The Balaban J connectivity index is 3.14. The standard InChI is InChI=1S/C15H16/c1-4-12-10-11(3)14-8-6-7-9-15(14)13(12)5-2/h4-10H,1-3H3/b12-4-,13-5+. The van der Waals surface area contributed by atoms with Crippen molar-refractivity contribution >= 4 is 22.9 Å². The average molecular weight is 196 g/mol. The fourth-order valence-corrected chi connectivity index (χ4v) is 2.17. The first-order valence-corrected chi connectivity index (χ1v) is 5.39. The van der Waals surface area contributed by atoms with Gasteiger partial charge >= 0.3 is 0 Å². The minimum Gasteiger partial charge on any atom is -0.0798 e. The summed E-state index contributed by atoms with van der Waals surface area (Å²) in [5.74, 6) is 0. The molecule has 2 rings (SSSR count). The molecule has 0 heteroatoms. The van der Waals surface area contributed by atoms with Crippen LogP contribution in [0.2, 0.25) is 0 Å². The molecule has 0 nitrogen and oxygen atoms in total. The van der Waals surface area contributed by atoms with Gasteiger partial charge in [0.25, 0.3) is 0 Å². The maximum Gasteiger partial charge on any atom is -0.0106 e. The highest BCUT2D eigenvalue weighted by Gasteiger charge is 1.98. The van der Waals surface area contributed by atoms with Crippen LogP contribution in [-0.4, -0.2) is 0 Å². The Morgan fingerprint density at radius 2 is 1.60 bits per heavy atom. The van der Waals surface area contributed by atoms with Crippen molar-refractivity contribution in [3.8, 4) is 0 Å². The maximum atomic E-state index is 2.26. The first-order chi connectivity index (χ1) is 7.27. The number of rotatable bonds is 0. The summed E-state index contributed by atoms with van der Waals surface area (Å²) >= 11 is 0. The van der Waals surface area contributed by atoms with Crippen molar-refractivity contribution < 1.29 is 0 Å². The Kier molecular flexibility index (Phi) is 2.59. The molecule has 0 radical (unpaired) electrons. The van der Waals surface area contributed by atoms with Gasteiger partial charge in [0, 0.05) is 0 Å². The predicted octanol–water partition coefficient (Wildman–Crippen LogP) is 2.75. The van der Waals surface area contributed by atoms with Crippen LogP contribution in [0.3, 0.4) is 0 Å². The van der Waals surface area contributed by atoms with Crippen LogP contribution in [0, 0.1) is 6.92 Å². The van der Waals surface area contributed by atoms with Crippen LogP contribution < -0.4 is 10.4 Å². The van der Waals surface area contributed by atoms with Gasteiger partial charge in [-0.25, -0.2) is 0 Å². The molecule has 0 aliphatic heterocycles. The summed E-state index contributed by atoms with van der Waals surface area (Å²) in [5, 5.41) is 5.39. The van der Waals surface area contributed by atoms with E-state index in [9.17, 15) is 0 Å². The van der Waals surface area contributed by atoms with Crippen LogP contribution >= 0.6 is 0 Å². The van der Waals surface area contributed by atoms with Crippen molar-refractivity contribution in [2.45, 2.75) is 20.8 Å². The quantitative estimate of drug-likeness (QED) is 0.608. The number of fused-ring (bicyclic) bond motifs is 1. The molecule has 0 aromatic heterocycles. The van der Waals surface area contributed by atoms with Gasteiger partial charge in [0.15, 0.2) is 0 Å². The van der Waals surface area contributed by atoms with Crippen LogP contribution in [0.5, 0.6) is 0 Å². The Labute approximate surface area is 90.6 Å². The predicted molar refractivity (Wildman–Crippen MR) is 68.2 cm³/mol. The van der Waals surface area contributed by atoms with Crippen molar-refractivity contribution in [2.24, 2.45) is 0 Å². The number of benzene rings is 2. The largest absolute Gasteiger partial charge is 0.0798 e. The monoisotopic (exact) mass is 196 g/mol. The Bertz CT molecular complexity index is 604. The second kappa shape index (κ2) is 3.90. The highest BCUT2D eigenvalue weighted by molar-refractivity contribution is 5.86. The van der Waals surface area contributed by atoms with Crippen molar-refractivity contribution in [3.63, 3.8) is 0 Å². The second-order valence-electron chi connectivity index (χ2n) is 3.82. The van der Waals surface area contributed by atoms with E-state index in [2.05, 4.69) is 63.3 Å². The van der Waals surface area contributed by atoms with Crippen molar-refractivity contribution in [2.75, 3.05) is 0 Å². The zero-order valence-corrected chi connectivity index (χ0v) is 9.54. The molecule has 0 spiro atoms. The molecular formula is C15H16. The number of hydrogen-bond donors (Lipinski definition) is 0. The molecule has 2 aromatic rings. The molecular weight excluding hydrogens is 180 g/mol. The highest BCUT2D eigenvalue weighted by Crippen LogP contribution is 2.12. The van der Waals surface area contributed by atoms with Crippen molar-refractivity contribution in [1.29, 1.82) is 0 Å². The van der Waals surface area contributed by atoms with Gasteiger partial charge in [-0.2, -0.15) is 0 Å². The van der Waals surface area contributed by atoms with Crippen LogP contribution in [0.25, 0.3) is 22.9 Å². The summed E-state index contributed by atoms with van der Waals surface area (Å²) in [5.41, 5.74) is 1.35. The van der Waals surface area contributed by atoms with Crippen LogP contribution in [0.15, 0.2) is 30.3 Å². The van der Waals surface area contributed by atoms with E-state index in [-0.39, 0.29) is 0 Å². The van der Waals surface area contributed by atoms with Crippen LogP contribution in [0.4, 0.5) is 0 Å². The Hall–Kier alpha value is -1.56. The molecule has 0 aliphatic carbocycles. The number of aryl methyl sites for hydroxylation is 1. The van der Waals surface area contributed by atoms with Gasteiger partial charge in [0.05, 0.1) is 0 Å². The molecule has 0 atom stereocenters. The molecule has 0 aliphatic rings. The Morgan fingerprint density at radius 3 is 2.20 bits per heavy atom. The van der Waals surface area contributed by atoms with Crippen LogP contribution in [-0.2, 0) is 0 Å². The molecule has 0 saturated heterocycles. The van der Waals surface area contributed by atoms with E-state index in [4.69, 9.17) is 0 Å². The summed E-state index contributed by atoms with van der Waals surface area (Å²) in [6.07, 6.45) is 4.37. The smallest absolute Gasteiger partial charge is 0.0106 e. The van der Waals surface area contributed by atoms with Gasteiger partial charge in [0.1, 0.15) is 0 Å². The van der Waals surface area contributed by atoms with E-state index in [1.807, 2.05) is 0 Å². The lowest BCUT2D eigenvalue weighted by atomic mass is 10.0. The third-order valence-corrected chi connectivity index (χ3v) is 2.92. The fourth-order valence-electron chi connectivity index (χ4n) is 2.17. The minimum absolute atomic E-state index is 1.33. The topological polar surface area (TPSA) is 0 Å². The lowest BCUT2D eigenvalue weighted by Crippen LogP contribution is -2.25. The normalized spacial score (nSPS) is 13.8. The van der Waals surface area contributed by atoms with Gasteiger partial charge in [-0.1, -0.05) is 42.5 Å². The first-order valence-electron chi connectivity index (χ1n) is 5.39. The summed E-state index contributed by atoms with van der Waals surface area (Å²) < 4.78 is 0. The highest BCUT2D eigenvalue weighted by atomic mass is 14.0. The molecule has 0 heterocycles. The van der Waals surface area contributed by atoms with E-state index < -0.39 is 0 Å². The maximum absolute atomic E-state index is 2.26. The summed E-state index contributed by atoms with van der Waals surface area (Å²) in [6.45, 7) is 6.37. The minimum atomic E-state index is 1.33. The van der Waals surface area contributed by atoms with E-state index in [1.54, 1.807) is 0 Å². The molecule has 0 fully saturated rings. The molecule has 2 aromatic carbocycles. The van der Waals surface area contributed by atoms with E-state index in [0.29, 0.717) is 0 Å². The third-order valence-electron chi connectivity index (χ3n) is 2.92. The van der Waals surface area contributed by atoms with E-state index >= 15 is 0 Å². The summed E-state index contributed by atoms with van der Waals surface area (Å²) in [7, 11) is 0. The zero-order valence-electron chi connectivity index (χ0n) is 9.54. The summed E-state index contributed by atoms with van der Waals surface area (Å²) in [6, 6.07) is 10.9. The molecule has 0 unspecified atom stereocenters. The lowest BCUT2D eigenvalue weighted by molar-refractivity contribution is 1.45. The van der Waals surface area contributed by atoms with Gasteiger partial charge < -0.3 is 0 Å². The SMILES string of the molecule is C/C=c1/cc(C)c2ccccc2/c1=C/C. The average Bonchev–Trinajstić information content (AvgIpc) is 2.29. The van der Waals surface area contributed by atoms with E-state index in [1.165, 1.54) is 26.8 Å². The molecule has 0 bridgehead atoms. The first kappa shape index (κ1) is 9.97. The molecule has 0 N–H and O–H groups in total. The fraction of sp³-hybridized carbons (Fsp3) is 0.200. The number of hydrogen-bond acceptors (Lipinski definition) is 0. The van der Waals surface area contributed by atoms with Gasteiger partial charge in [0.2, 0.25) is 0 Å². The molecule has 0 amide bonds. The molecule has 15 heavy (non-hydrogen) atoms. The van der Waals surface area contributed by atoms with Gasteiger partial charge in [-0.3, -0.25) is 0 Å². The van der Waals surface area contributed by atoms with Crippen molar-refractivity contribution in [3.05, 3.63) is 46.3 Å². The molecule has 0 saturated carbocycles. The lowest BCUT2D eigenvalue weighted by Gasteiger charge is -2.03. The Morgan fingerprint density at radius 1 is 0.933 bits per heavy atom. The second-order valence-corrected chi connectivity index (χ2v) is 3.82. The summed E-state index contributed by atoms with van der Waals surface area (Å²) in [4.78, 5) is 0. The zero-order chi connectivity index (χ0) is 10.8. The van der Waals surface area contributed by atoms with Gasteiger partial charge in [-0.15, -0.1) is 0 Å². The van der Waals surface area contributed by atoms with E-state index in [0.717, 1.165) is 0 Å².